The van der Waals surface area contributed by atoms with Crippen LogP contribution in [0.1, 0.15) is 18.9 Å². The van der Waals surface area contributed by atoms with Crippen LogP contribution in [0, 0.1) is 0 Å². The summed E-state index contributed by atoms with van der Waals surface area (Å²) in [5.74, 6) is 1.00. The third-order valence-electron chi connectivity index (χ3n) is 3.56. The Labute approximate surface area is 124 Å². The van der Waals surface area contributed by atoms with Gasteiger partial charge in [0.2, 0.25) is 0 Å². The number of ether oxygens (including phenoxy) is 1. The molecule has 1 aromatic carbocycles. The third kappa shape index (κ3) is 3.25. The van der Waals surface area contributed by atoms with Crippen molar-refractivity contribution in [3.63, 3.8) is 0 Å². The largest absolute Gasteiger partial charge is 0.370 e. The lowest BCUT2D eigenvalue weighted by molar-refractivity contribution is 0.0129. The summed E-state index contributed by atoms with van der Waals surface area (Å²) < 4.78 is 6.39. The number of hydrogen-bond donors (Lipinski definition) is 1. The van der Waals surface area contributed by atoms with Crippen molar-refractivity contribution in [2.45, 2.75) is 30.8 Å². The maximum atomic E-state index is 6.39. The molecular weight excluding hydrogens is 268 g/mol. The average molecular weight is 288 g/mol. The van der Waals surface area contributed by atoms with Crippen LogP contribution in [-0.2, 0) is 11.2 Å². The molecule has 106 valence electrons. The number of rotatable bonds is 5. The number of benzene rings is 1. The zero-order chi connectivity index (χ0) is 13.8. The fourth-order valence-corrected chi connectivity index (χ4v) is 3.38. The summed E-state index contributed by atoms with van der Waals surface area (Å²) in [7, 11) is 0. The molecule has 0 bridgehead atoms. The molecule has 0 fully saturated rings. The van der Waals surface area contributed by atoms with Crippen molar-refractivity contribution in [1.82, 2.24) is 5.32 Å². The van der Waals surface area contributed by atoms with E-state index in [-0.39, 0.29) is 11.0 Å². The standard InChI is InChI=1S/C16H20N2OS/c1-16(8-5-11-20-16)19-14(15-17-9-10-18-15)12-13-6-3-2-4-7-13/h2-7,11,14H,8-10,12H2,1H3,(H,17,18). The number of nitrogens with one attached hydrogen (secondary N) is 1. The first-order valence-electron chi connectivity index (χ1n) is 7.08. The van der Waals surface area contributed by atoms with Crippen LogP contribution in [0.5, 0.6) is 0 Å². The third-order valence-corrected chi connectivity index (χ3v) is 4.65. The van der Waals surface area contributed by atoms with Crippen LogP contribution in [0.4, 0.5) is 0 Å². The number of hydrogen-bond acceptors (Lipinski definition) is 4. The molecule has 0 amide bonds. The number of nitrogens with zero attached hydrogens (tertiary/aromatic N) is 1. The molecule has 20 heavy (non-hydrogen) atoms. The highest BCUT2D eigenvalue weighted by molar-refractivity contribution is 8.03. The Morgan fingerprint density at radius 1 is 1.40 bits per heavy atom. The van der Waals surface area contributed by atoms with Crippen molar-refractivity contribution in [2.24, 2.45) is 4.99 Å². The van der Waals surface area contributed by atoms with E-state index in [9.17, 15) is 0 Å². The summed E-state index contributed by atoms with van der Waals surface area (Å²) in [6.07, 6.45) is 4.00. The highest BCUT2D eigenvalue weighted by Crippen LogP contribution is 2.38. The molecule has 2 atom stereocenters. The van der Waals surface area contributed by atoms with Crippen LogP contribution in [0.2, 0.25) is 0 Å². The molecule has 0 saturated carbocycles. The molecule has 2 unspecified atom stereocenters. The second-order valence-electron chi connectivity index (χ2n) is 5.32. The molecule has 0 saturated heterocycles. The van der Waals surface area contributed by atoms with Gasteiger partial charge >= 0.3 is 0 Å². The van der Waals surface area contributed by atoms with E-state index in [0.29, 0.717) is 0 Å². The van der Waals surface area contributed by atoms with Gasteiger partial charge in [-0.15, -0.1) is 0 Å². The molecule has 3 nitrogen and oxygen atoms in total. The van der Waals surface area contributed by atoms with Gasteiger partial charge in [-0.1, -0.05) is 48.2 Å². The topological polar surface area (TPSA) is 33.6 Å². The number of aliphatic imine (C=N–C) groups is 1. The van der Waals surface area contributed by atoms with Gasteiger partial charge in [0.15, 0.2) is 0 Å². The molecule has 0 radical (unpaired) electrons. The summed E-state index contributed by atoms with van der Waals surface area (Å²) in [4.78, 5) is 4.40. The zero-order valence-electron chi connectivity index (χ0n) is 11.7. The van der Waals surface area contributed by atoms with Gasteiger partial charge in [-0.2, -0.15) is 0 Å². The summed E-state index contributed by atoms with van der Waals surface area (Å²) in [6, 6.07) is 10.5. The Hall–Kier alpha value is -1.26. The van der Waals surface area contributed by atoms with Crippen LogP contribution >= 0.6 is 11.8 Å². The van der Waals surface area contributed by atoms with Gasteiger partial charge in [0.1, 0.15) is 16.9 Å². The van der Waals surface area contributed by atoms with Crippen LogP contribution in [0.25, 0.3) is 0 Å². The van der Waals surface area contributed by atoms with E-state index in [4.69, 9.17) is 4.74 Å². The number of thioether (sulfide) groups is 1. The molecule has 1 N–H and O–H groups in total. The molecule has 0 aromatic heterocycles. The predicted molar refractivity (Wildman–Crippen MR) is 85.1 cm³/mol. The molecule has 0 spiro atoms. The predicted octanol–water partition coefficient (Wildman–Crippen LogP) is 2.98. The monoisotopic (exact) mass is 288 g/mol. The Bertz CT molecular complexity index is 504. The fourth-order valence-electron chi connectivity index (χ4n) is 2.53. The van der Waals surface area contributed by atoms with Crippen molar-refractivity contribution in [2.75, 3.05) is 13.1 Å². The highest BCUT2D eigenvalue weighted by Gasteiger charge is 2.33. The van der Waals surface area contributed by atoms with Crippen molar-refractivity contribution in [3.05, 3.63) is 47.4 Å². The minimum Gasteiger partial charge on any atom is -0.370 e. The maximum Gasteiger partial charge on any atom is 0.126 e. The average Bonchev–Trinajstić information content (AvgIpc) is 3.11. The zero-order valence-corrected chi connectivity index (χ0v) is 12.5. The molecule has 4 heteroatoms. The molecule has 0 aliphatic carbocycles. The highest BCUT2D eigenvalue weighted by atomic mass is 32.2. The van der Waals surface area contributed by atoms with Crippen LogP contribution in [0.3, 0.4) is 0 Å². The molecular formula is C16H20N2OS. The van der Waals surface area contributed by atoms with E-state index in [1.54, 1.807) is 11.8 Å². The smallest absolute Gasteiger partial charge is 0.126 e. The van der Waals surface area contributed by atoms with Crippen LogP contribution in [0.15, 0.2) is 46.8 Å². The summed E-state index contributed by atoms with van der Waals surface area (Å²) >= 11 is 1.76. The summed E-state index contributed by atoms with van der Waals surface area (Å²) in [5.41, 5.74) is 1.29. The van der Waals surface area contributed by atoms with Gasteiger partial charge in [-0.25, -0.2) is 0 Å². The van der Waals surface area contributed by atoms with E-state index in [0.717, 1.165) is 31.8 Å². The first-order chi connectivity index (χ1) is 9.75. The summed E-state index contributed by atoms with van der Waals surface area (Å²) in [5, 5.41) is 5.49. The SMILES string of the molecule is CC1(OC(Cc2ccccc2)C2=NCCN2)CC=CS1. The normalized spacial score (nSPS) is 26.4. The van der Waals surface area contributed by atoms with E-state index in [2.05, 4.69) is 53.0 Å². The molecule has 1 aromatic rings. The quantitative estimate of drug-likeness (QED) is 0.904. The second kappa shape index (κ2) is 6.02. The van der Waals surface area contributed by atoms with Gasteiger partial charge in [0, 0.05) is 19.4 Å². The maximum absolute atomic E-state index is 6.39. The van der Waals surface area contributed by atoms with E-state index >= 15 is 0 Å². The fraction of sp³-hybridized carbons (Fsp3) is 0.438. The molecule has 2 aliphatic rings. The second-order valence-corrected chi connectivity index (χ2v) is 6.69. The van der Waals surface area contributed by atoms with E-state index in [1.807, 2.05) is 6.07 Å². The summed E-state index contributed by atoms with van der Waals surface area (Å²) in [6.45, 7) is 3.93. The van der Waals surface area contributed by atoms with Crippen molar-refractivity contribution in [1.29, 1.82) is 0 Å². The number of amidine groups is 1. The molecule has 3 rings (SSSR count). The Kier molecular flexibility index (Phi) is 4.13. The first kappa shape index (κ1) is 13.7. The van der Waals surface area contributed by atoms with Crippen LogP contribution < -0.4 is 5.32 Å². The minimum atomic E-state index is -0.160. The van der Waals surface area contributed by atoms with Gasteiger partial charge in [0.05, 0.1) is 6.54 Å². The van der Waals surface area contributed by atoms with Crippen molar-refractivity contribution in [3.8, 4) is 0 Å². The lowest BCUT2D eigenvalue weighted by Crippen LogP contribution is -2.40. The minimum absolute atomic E-state index is 0.0114. The van der Waals surface area contributed by atoms with Gasteiger partial charge in [0.25, 0.3) is 0 Å². The van der Waals surface area contributed by atoms with E-state index < -0.39 is 0 Å². The Morgan fingerprint density at radius 2 is 2.25 bits per heavy atom. The van der Waals surface area contributed by atoms with Gasteiger partial charge in [-0.3, -0.25) is 4.99 Å². The lowest BCUT2D eigenvalue weighted by atomic mass is 10.1. The Morgan fingerprint density at radius 3 is 2.90 bits per heavy atom. The van der Waals surface area contributed by atoms with Gasteiger partial charge < -0.3 is 10.1 Å². The van der Waals surface area contributed by atoms with Crippen LogP contribution in [-0.4, -0.2) is 30.0 Å². The molecule has 2 heterocycles. The lowest BCUT2D eigenvalue weighted by Gasteiger charge is -2.30. The van der Waals surface area contributed by atoms with Crippen molar-refractivity contribution >= 4 is 17.6 Å². The van der Waals surface area contributed by atoms with Crippen molar-refractivity contribution < 1.29 is 4.74 Å². The van der Waals surface area contributed by atoms with Gasteiger partial charge in [-0.05, 0) is 17.9 Å². The first-order valence-corrected chi connectivity index (χ1v) is 7.96. The Balaban J connectivity index is 1.74. The van der Waals surface area contributed by atoms with E-state index in [1.165, 1.54) is 5.56 Å². The molecule has 2 aliphatic heterocycles.